The Morgan fingerprint density at radius 3 is 2.52 bits per heavy atom. The van der Waals surface area contributed by atoms with Crippen molar-refractivity contribution in [2.45, 2.75) is 6.92 Å². The molecule has 2 aromatic rings. The molecule has 6 heteroatoms. The lowest BCUT2D eigenvalue weighted by molar-refractivity contribution is -0.117. The number of hydrogen-bond acceptors (Lipinski definition) is 3. The summed E-state index contributed by atoms with van der Waals surface area (Å²) in [5, 5.41) is 3.23. The van der Waals surface area contributed by atoms with Crippen molar-refractivity contribution >= 4 is 57.5 Å². The van der Waals surface area contributed by atoms with Gasteiger partial charge in [0.05, 0.1) is 5.69 Å². The molecule has 0 bridgehead atoms. The van der Waals surface area contributed by atoms with Gasteiger partial charge in [-0.15, -0.1) is 11.3 Å². The number of carbonyl (C=O) groups excluding carboxylic acids is 2. The molecule has 3 rings (SSSR count). The number of carbonyl (C=O) groups is 2. The maximum atomic E-state index is 12.4. The summed E-state index contributed by atoms with van der Waals surface area (Å²) in [6.07, 6.45) is 1.66. The number of nitrogens with one attached hydrogen (secondary N) is 1. The van der Waals surface area contributed by atoms with Crippen molar-refractivity contribution in [3.05, 3.63) is 55.3 Å². The van der Waals surface area contributed by atoms with Gasteiger partial charge in [0.15, 0.2) is 0 Å². The molecular weight excluding hydrogens is 399 g/mol. The van der Waals surface area contributed by atoms with Gasteiger partial charge in [-0.2, -0.15) is 0 Å². The van der Waals surface area contributed by atoms with Crippen LogP contribution in [0.25, 0.3) is 6.08 Å². The Hall–Kier alpha value is -1.67. The Kier molecular flexibility index (Phi) is 3.81. The lowest BCUT2D eigenvalue weighted by Crippen LogP contribution is -2.35. The van der Waals surface area contributed by atoms with E-state index in [-0.39, 0.29) is 17.4 Å². The van der Waals surface area contributed by atoms with Crippen LogP contribution < -0.4 is 10.4 Å². The van der Waals surface area contributed by atoms with Crippen LogP contribution in [0.1, 0.15) is 10.4 Å². The molecule has 1 N–H and O–H groups in total. The predicted molar refractivity (Wildman–Crippen MR) is 91.8 cm³/mol. The fourth-order valence-corrected chi connectivity index (χ4v) is 3.21. The predicted octanol–water partition coefficient (Wildman–Crippen LogP) is 3.12. The van der Waals surface area contributed by atoms with Gasteiger partial charge in [0.2, 0.25) is 0 Å². The second kappa shape index (κ2) is 5.61. The Balaban J connectivity index is 1.94. The smallest absolute Gasteiger partial charge is 0.267 e. The first-order chi connectivity index (χ1) is 10.1. The number of benzene rings is 1. The van der Waals surface area contributed by atoms with E-state index in [9.17, 15) is 9.59 Å². The van der Waals surface area contributed by atoms with Gasteiger partial charge in [-0.05, 0) is 76.9 Å². The summed E-state index contributed by atoms with van der Waals surface area (Å²) in [5.74, 6) is -0.694. The molecule has 0 aliphatic carbocycles. The molecule has 0 saturated carbocycles. The minimum Gasteiger partial charge on any atom is -0.267 e. The SMILES string of the molecule is Cc1ccsc1/C=C1/C(=O)NN(c2ccc(I)cc2)C1=O. The van der Waals surface area contributed by atoms with Crippen molar-refractivity contribution in [3.8, 4) is 0 Å². The highest BCUT2D eigenvalue weighted by molar-refractivity contribution is 14.1. The molecule has 4 nitrogen and oxygen atoms in total. The fraction of sp³-hybridized carbons (Fsp3) is 0.0667. The molecule has 2 heterocycles. The Labute approximate surface area is 139 Å². The first kappa shape index (κ1) is 14.3. The Morgan fingerprint density at radius 2 is 1.90 bits per heavy atom. The van der Waals surface area contributed by atoms with E-state index in [0.29, 0.717) is 5.69 Å². The minimum atomic E-state index is -0.369. The highest BCUT2D eigenvalue weighted by Crippen LogP contribution is 2.25. The summed E-state index contributed by atoms with van der Waals surface area (Å²) in [7, 11) is 0. The highest BCUT2D eigenvalue weighted by atomic mass is 127. The Morgan fingerprint density at radius 1 is 1.19 bits per heavy atom. The van der Waals surface area contributed by atoms with Gasteiger partial charge in [0.1, 0.15) is 5.57 Å². The van der Waals surface area contributed by atoms with Crippen molar-refractivity contribution in [3.63, 3.8) is 0 Å². The van der Waals surface area contributed by atoms with Crippen molar-refractivity contribution < 1.29 is 9.59 Å². The van der Waals surface area contributed by atoms with Crippen LogP contribution in [0.5, 0.6) is 0 Å². The molecule has 1 aliphatic rings. The molecule has 106 valence electrons. The molecule has 0 unspecified atom stereocenters. The summed E-state index contributed by atoms with van der Waals surface area (Å²) >= 11 is 3.70. The van der Waals surface area contributed by atoms with Gasteiger partial charge in [0.25, 0.3) is 11.8 Å². The van der Waals surface area contributed by atoms with Crippen molar-refractivity contribution in [2.75, 3.05) is 5.01 Å². The van der Waals surface area contributed by atoms with Crippen LogP contribution in [0.15, 0.2) is 41.3 Å². The number of aryl methyl sites for hydroxylation is 1. The number of hydrazine groups is 1. The highest BCUT2D eigenvalue weighted by Gasteiger charge is 2.34. The molecule has 0 spiro atoms. The normalized spacial score (nSPS) is 16.7. The second-order valence-electron chi connectivity index (χ2n) is 4.58. The third kappa shape index (κ3) is 2.73. The molecule has 1 saturated heterocycles. The van der Waals surface area contributed by atoms with Crippen LogP contribution in [-0.2, 0) is 9.59 Å². The lowest BCUT2D eigenvalue weighted by Gasteiger charge is -2.14. The van der Waals surface area contributed by atoms with Crippen LogP contribution in [0.2, 0.25) is 0 Å². The van der Waals surface area contributed by atoms with Crippen LogP contribution >= 0.6 is 33.9 Å². The quantitative estimate of drug-likeness (QED) is 0.470. The summed E-state index contributed by atoms with van der Waals surface area (Å²) < 4.78 is 1.07. The van der Waals surface area contributed by atoms with Crippen LogP contribution in [-0.4, -0.2) is 11.8 Å². The number of anilines is 1. The van der Waals surface area contributed by atoms with Crippen molar-refractivity contribution in [1.29, 1.82) is 0 Å². The van der Waals surface area contributed by atoms with Crippen molar-refractivity contribution in [2.24, 2.45) is 0 Å². The zero-order chi connectivity index (χ0) is 15.0. The van der Waals surface area contributed by atoms with E-state index >= 15 is 0 Å². The average molecular weight is 410 g/mol. The third-order valence-electron chi connectivity index (χ3n) is 3.15. The first-order valence-electron chi connectivity index (χ1n) is 6.23. The largest absolute Gasteiger partial charge is 0.282 e. The molecule has 0 atom stereocenters. The molecule has 1 aromatic heterocycles. The molecule has 1 aliphatic heterocycles. The van der Waals surface area contributed by atoms with E-state index in [1.54, 1.807) is 18.2 Å². The van der Waals surface area contributed by atoms with Crippen LogP contribution in [0.3, 0.4) is 0 Å². The molecule has 2 amide bonds. The van der Waals surface area contributed by atoms with E-state index in [0.717, 1.165) is 14.0 Å². The summed E-state index contributed by atoms with van der Waals surface area (Å²) in [6.45, 7) is 1.96. The van der Waals surface area contributed by atoms with Gasteiger partial charge < -0.3 is 0 Å². The van der Waals surface area contributed by atoms with Gasteiger partial charge in [0, 0.05) is 8.45 Å². The van der Waals surface area contributed by atoms with Crippen molar-refractivity contribution in [1.82, 2.24) is 5.43 Å². The van der Waals surface area contributed by atoms with E-state index in [2.05, 4.69) is 28.0 Å². The molecular formula is C15H11IN2O2S. The molecule has 0 radical (unpaired) electrons. The third-order valence-corrected chi connectivity index (χ3v) is 4.84. The van der Waals surface area contributed by atoms with E-state index in [1.165, 1.54) is 16.3 Å². The van der Waals surface area contributed by atoms with E-state index in [4.69, 9.17) is 0 Å². The van der Waals surface area contributed by atoms with Gasteiger partial charge in [-0.25, -0.2) is 5.01 Å². The Bertz CT molecular complexity index is 749. The van der Waals surface area contributed by atoms with Crippen LogP contribution in [0.4, 0.5) is 5.69 Å². The zero-order valence-electron chi connectivity index (χ0n) is 11.1. The maximum absolute atomic E-state index is 12.4. The number of nitrogens with zero attached hydrogens (tertiary/aromatic N) is 1. The number of hydrogen-bond donors (Lipinski definition) is 1. The number of thiophene rings is 1. The van der Waals surface area contributed by atoms with Gasteiger partial charge in [-0.1, -0.05) is 0 Å². The number of rotatable bonds is 2. The standard InChI is InChI=1S/C15H11IN2O2S/c1-9-6-7-21-13(9)8-12-14(19)17-18(15(12)20)11-4-2-10(16)3-5-11/h2-8H,1H3,(H,17,19)/b12-8-. The zero-order valence-corrected chi connectivity index (χ0v) is 14.1. The summed E-state index contributed by atoms with van der Waals surface area (Å²) in [4.78, 5) is 25.4. The van der Waals surface area contributed by atoms with E-state index in [1.807, 2.05) is 30.5 Å². The summed E-state index contributed by atoms with van der Waals surface area (Å²) in [5.41, 5.74) is 4.48. The first-order valence-corrected chi connectivity index (χ1v) is 8.19. The molecule has 21 heavy (non-hydrogen) atoms. The number of halogens is 1. The molecule has 1 aromatic carbocycles. The number of amides is 2. The minimum absolute atomic E-state index is 0.166. The second-order valence-corrected chi connectivity index (χ2v) is 6.78. The average Bonchev–Trinajstić information content (AvgIpc) is 2.98. The molecule has 1 fully saturated rings. The van der Waals surface area contributed by atoms with E-state index < -0.39 is 0 Å². The van der Waals surface area contributed by atoms with Crippen LogP contribution in [0, 0.1) is 10.5 Å². The maximum Gasteiger partial charge on any atom is 0.282 e. The monoisotopic (exact) mass is 410 g/mol. The van der Waals surface area contributed by atoms with Gasteiger partial charge >= 0.3 is 0 Å². The summed E-state index contributed by atoms with van der Waals surface area (Å²) in [6, 6.07) is 9.35. The fourth-order valence-electron chi connectivity index (χ4n) is 1.99. The van der Waals surface area contributed by atoms with Gasteiger partial charge in [-0.3, -0.25) is 15.0 Å². The topological polar surface area (TPSA) is 49.4 Å². The lowest BCUT2D eigenvalue weighted by atomic mass is 10.2.